The van der Waals surface area contributed by atoms with Gasteiger partial charge in [0.2, 0.25) is 0 Å². The SMILES string of the molecule is CC1N=CC(B2OC(C)(C)C(C)(C)O2)=N1. The van der Waals surface area contributed by atoms with Crippen molar-refractivity contribution < 1.29 is 9.31 Å². The maximum Gasteiger partial charge on any atom is 0.515 e. The molecular weight excluding hydrogens is 191 g/mol. The summed E-state index contributed by atoms with van der Waals surface area (Å²) in [4.78, 5) is 8.51. The molecule has 1 unspecified atom stereocenters. The van der Waals surface area contributed by atoms with E-state index in [1.807, 2.05) is 34.6 Å². The highest BCUT2D eigenvalue weighted by atomic mass is 16.7. The quantitative estimate of drug-likeness (QED) is 0.612. The Hall–Kier alpha value is -0.675. The van der Waals surface area contributed by atoms with E-state index < -0.39 is 0 Å². The van der Waals surface area contributed by atoms with Crippen LogP contribution in [-0.2, 0) is 9.31 Å². The molecule has 2 aliphatic heterocycles. The van der Waals surface area contributed by atoms with Crippen molar-refractivity contribution in [2.75, 3.05) is 0 Å². The molecule has 5 heteroatoms. The highest BCUT2D eigenvalue weighted by molar-refractivity contribution is 6.93. The first-order chi connectivity index (χ1) is 6.82. The van der Waals surface area contributed by atoms with Gasteiger partial charge in [-0.05, 0) is 34.6 Å². The van der Waals surface area contributed by atoms with Gasteiger partial charge >= 0.3 is 7.12 Å². The second kappa shape index (κ2) is 3.16. The number of aliphatic imine (C=N–C) groups is 2. The van der Waals surface area contributed by atoms with Crippen molar-refractivity contribution in [1.29, 1.82) is 0 Å². The standard InChI is InChI=1S/C10H17BN2O2/c1-7-12-6-8(13-7)11-14-9(2,3)10(4,5)15-11/h6-7H,1-5H3. The fourth-order valence-corrected chi connectivity index (χ4v) is 1.55. The Balaban J connectivity index is 2.17. The van der Waals surface area contributed by atoms with Gasteiger partial charge in [-0.25, -0.2) is 0 Å². The summed E-state index contributed by atoms with van der Waals surface area (Å²) in [5.74, 6) is 0. The first-order valence-corrected chi connectivity index (χ1v) is 5.28. The summed E-state index contributed by atoms with van der Waals surface area (Å²) in [6.45, 7) is 10.1. The van der Waals surface area contributed by atoms with Gasteiger partial charge in [-0.1, -0.05) is 0 Å². The van der Waals surface area contributed by atoms with Crippen molar-refractivity contribution in [1.82, 2.24) is 0 Å². The van der Waals surface area contributed by atoms with Crippen LogP contribution >= 0.6 is 0 Å². The zero-order valence-electron chi connectivity index (χ0n) is 9.94. The highest BCUT2D eigenvalue weighted by Crippen LogP contribution is 2.37. The third-order valence-electron chi connectivity index (χ3n) is 3.25. The van der Waals surface area contributed by atoms with Crippen LogP contribution in [-0.4, -0.2) is 36.3 Å². The molecule has 0 amide bonds. The summed E-state index contributed by atoms with van der Waals surface area (Å²) < 4.78 is 11.7. The molecular formula is C10H17BN2O2. The van der Waals surface area contributed by atoms with Gasteiger partial charge in [0.15, 0.2) is 0 Å². The van der Waals surface area contributed by atoms with Crippen LogP contribution in [0.3, 0.4) is 0 Å². The van der Waals surface area contributed by atoms with Crippen molar-refractivity contribution in [2.24, 2.45) is 9.98 Å². The molecule has 0 aromatic heterocycles. The van der Waals surface area contributed by atoms with Crippen LogP contribution in [0.4, 0.5) is 0 Å². The zero-order valence-corrected chi connectivity index (χ0v) is 9.94. The summed E-state index contributed by atoms with van der Waals surface area (Å²) >= 11 is 0. The molecule has 0 N–H and O–H groups in total. The van der Waals surface area contributed by atoms with E-state index >= 15 is 0 Å². The molecule has 0 radical (unpaired) electrons. The average Bonchev–Trinajstić information content (AvgIpc) is 2.56. The molecule has 4 nitrogen and oxygen atoms in total. The van der Waals surface area contributed by atoms with Gasteiger partial charge in [-0.2, -0.15) is 0 Å². The summed E-state index contributed by atoms with van der Waals surface area (Å²) in [5.41, 5.74) is 0.181. The Morgan fingerprint density at radius 1 is 1.20 bits per heavy atom. The van der Waals surface area contributed by atoms with Crippen molar-refractivity contribution in [3.63, 3.8) is 0 Å². The molecule has 0 spiro atoms. The lowest BCUT2D eigenvalue weighted by atomic mass is 9.83. The third-order valence-corrected chi connectivity index (χ3v) is 3.25. The molecule has 2 rings (SSSR count). The van der Waals surface area contributed by atoms with Gasteiger partial charge in [0.25, 0.3) is 0 Å². The average molecular weight is 208 g/mol. The van der Waals surface area contributed by atoms with Crippen LogP contribution in [0.1, 0.15) is 34.6 Å². The van der Waals surface area contributed by atoms with E-state index in [1.165, 1.54) is 0 Å². The number of rotatable bonds is 1. The number of nitrogens with zero attached hydrogens (tertiary/aromatic N) is 2. The van der Waals surface area contributed by atoms with Gasteiger partial charge in [-0.3, -0.25) is 9.98 Å². The second-order valence-electron chi connectivity index (χ2n) is 5.05. The van der Waals surface area contributed by atoms with Crippen molar-refractivity contribution >= 4 is 18.9 Å². The molecule has 1 fully saturated rings. The highest BCUT2D eigenvalue weighted by Gasteiger charge is 2.53. The second-order valence-corrected chi connectivity index (χ2v) is 5.05. The van der Waals surface area contributed by atoms with E-state index in [9.17, 15) is 0 Å². The molecule has 0 aliphatic carbocycles. The van der Waals surface area contributed by atoms with E-state index in [2.05, 4.69) is 9.98 Å². The predicted octanol–water partition coefficient (Wildman–Crippen LogP) is 1.49. The van der Waals surface area contributed by atoms with Crippen LogP contribution in [0.15, 0.2) is 9.98 Å². The molecule has 1 saturated heterocycles. The Bertz CT molecular complexity index is 320. The van der Waals surface area contributed by atoms with E-state index in [-0.39, 0.29) is 24.5 Å². The van der Waals surface area contributed by atoms with E-state index in [1.54, 1.807) is 6.21 Å². The molecule has 2 aliphatic rings. The predicted molar refractivity (Wildman–Crippen MR) is 61.5 cm³/mol. The monoisotopic (exact) mass is 208 g/mol. The van der Waals surface area contributed by atoms with Crippen LogP contribution < -0.4 is 0 Å². The lowest BCUT2D eigenvalue weighted by Crippen LogP contribution is -2.41. The topological polar surface area (TPSA) is 43.2 Å². The van der Waals surface area contributed by atoms with E-state index in [0.717, 1.165) is 5.61 Å². The van der Waals surface area contributed by atoms with E-state index in [0.29, 0.717) is 0 Å². The Labute approximate surface area is 90.9 Å². The number of hydrogen-bond donors (Lipinski definition) is 0. The van der Waals surface area contributed by atoms with Crippen molar-refractivity contribution in [2.45, 2.75) is 52.0 Å². The summed E-state index contributed by atoms with van der Waals surface area (Å²) in [5, 5.41) is 0. The third kappa shape index (κ3) is 1.74. The fraction of sp³-hybridized carbons (Fsp3) is 0.800. The minimum absolute atomic E-state index is 0.000903. The summed E-state index contributed by atoms with van der Waals surface area (Å²) in [6, 6.07) is 0. The molecule has 82 valence electrons. The maximum absolute atomic E-state index is 5.85. The molecule has 2 heterocycles. The molecule has 0 saturated carbocycles. The lowest BCUT2D eigenvalue weighted by Gasteiger charge is -2.32. The normalized spacial score (nSPS) is 32.2. The summed E-state index contributed by atoms with van der Waals surface area (Å²) in [7, 11) is -0.372. The Morgan fingerprint density at radius 2 is 1.73 bits per heavy atom. The first-order valence-electron chi connectivity index (χ1n) is 5.28. The minimum Gasteiger partial charge on any atom is -0.398 e. The minimum atomic E-state index is -0.372. The Morgan fingerprint density at radius 3 is 2.13 bits per heavy atom. The molecule has 0 aromatic carbocycles. The molecule has 1 atom stereocenters. The number of hydrogen-bond acceptors (Lipinski definition) is 4. The largest absolute Gasteiger partial charge is 0.515 e. The molecule has 15 heavy (non-hydrogen) atoms. The van der Waals surface area contributed by atoms with E-state index in [4.69, 9.17) is 9.31 Å². The van der Waals surface area contributed by atoms with Crippen LogP contribution in [0.2, 0.25) is 0 Å². The smallest absolute Gasteiger partial charge is 0.398 e. The van der Waals surface area contributed by atoms with Crippen LogP contribution in [0.5, 0.6) is 0 Å². The Kier molecular flexibility index (Phi) is 2.28. The van der Waals surface area contributed by atoms with Crippen molar-refractivity contribution in [3.05, 3.63) is 0 Å². The van der Waals surface area contributed by atoms with Crippen LogP contribution in [0, 0.1) is 0 Å². The van der Waals surface area contributed by atoms with Crippen molar-refractivity contribution in [3.8, 4) is 0 Å². The van der Waals surface area contributed by atoms with Gasteiger partial charge in [0, 0.05) is 6.21 Å². The van der Waals surface area contributed by atoms with Gasteiger partial charge in [-0.15, -0.1) is 0 Å². The first kappa shape index (κ1) is 10.8. The zero-order chi connectivity index (χ0) is 11.3. The molecule has 0 aromatic rings. The maximum atomic E-state index is 5.85. The lowest BCUT2D eigenvalue weighted by molar-refractivity contribution is 0.00578. The van der Waals surface area contributed by atoms with Gasteiger partial charge in [0.05, 0.1) is 16.8 Å². The van der Waals surface area contributed by atoms with Gasteiger partial charge in [0.1, 0.15) is 6.17 Å². The molecule has 0 bridgehead atoms. The fourth-order valence-electron chi connectivity index (χ4n) is 1.55. The summed E-state index contributed by atoms with van der Waals surface area (Å²) in [6.07, 6.45) is 1.74. The van der Waals surface area contributed by atoms with Crippen LogP contribution in [0.25, 0.3) is 0 Å². The van der Waals surface area contributed by atoms with Gasteiger partial charge < -0.3 is 9.31 Å².